The van der Waals surface area contributed by atoms with Crippen molar-refractivity contribution in [1.82, 2.24) is 4.90 Å². The number of carbonyl (C=O) groups excluding carboxylic acids is 2. The average molecular weight is 492 g/mol. The van der Waals surface area contributed by atoms with Crippen LogP contribution in [0.2, 0.25) is 0 Å². The van der Waals surface area contributed by atoms with E-state index in [1.54, 1.807) is 12.1 Å². The molecule has 6 rings (SSSR count). The number of benzene rings is 3. The minimum Gasteiger partial charge on any atom is -0.451 e. The van der Waals surface area contributed by atoms with Gasteiger partial charge in [0.15, 0.2) is 11.5 Å². The summed E-state index contributed by atoms with van der Waals surface area (Å²) in [7, 11) is 0. The molecule has 0 unspecified atom stereocenters. The fraction of sp³-hybridized carbons (Fsp3) is 0.133. The van der Waals surface area contributed by atoms with Crippen LogP contribution in [0.15, 0.2) is 106 Å². The van der Waals surface area contributed by atoms with Crippen LogP contribution in [0.3, 0.4) is 0 Å². The second-order valence-corrected chi connectivity index (χ2v) is 8.96. The summed E-state index contributed by atoms with van der Waals surface area (Å²) < 4.78 is 11.5. The molecule has 2 amide bonds. The maximum Gasteiger partial charge on any atom is 0.291 e. The number of fused-ring (bicyclic) bond motifs is 1. The lowest BCUT2D eigenvalue weighted by Crippen LogP contribution is -2.48. The highest BCUT2D eigenvalue weighted by Crippen LogP contribution is 2.25. The summed E-state index contributed by atoms with van der Waals surface area (Å²) in [6.07, 6.45) is 0. The summed E-state index contributed by atoms with van der Waals surface area (Å²) in [4.78, 5) is 29.6. The zero-order valence-corrected chi connectivity index (χ0v) is 20.1. The molecule has 3 heterocycles. The molecule has 3 aromatic carbocycles. The van der Waals surface area contributed by atoms with Gasteiger partial charge in [0.25, 0.3) is 11.8 Å². The van der Waals surface area contributed by atoms with Crippen molar-refractivity contribution in [1.29, 1.82) is 0 Å². The zero-order chi connectivity index (χ0) is 25.2. The van der Waals surface area contributed by atoms with Gasteiger partial charge in [-0.15, -0.1) is 0 Å². The molecule has 0 bridgehead atoms. The van der Waals surface area contributed by atoms with E-state index >= 15 is 0 Å². The van der Waals surface area contributed by atoms with Crippen LogP contribution in [0.1, 0.15) is 21.1 Å². The van der Waals surface area contributed by atoms with Gasteiger partial charge in [-0.1, -0.05) is 48.5 Å². The van der Waals surface area contributed by atoms with Gasteiger partial charge in [0.05, 0.1) is 0 Å². The van der Waals surface area contributed by atoms with Crippen molar-refractivity contribution < 1.29 is 18.4 Å². The van der Waals surface area contributed by atoms with Crippen molar-refractivity contribution in [3.8, 4) is 11.3 Å². The summed E-state index contributed by atoms with van der Waals surface area (Å²) in [6.45, 7) is 2.64. The third-order valence-corrected chi connectivity index (χ3v) is 6.58. The van der Waals surface area contributed by atoms with Gasteiger partial charge in [0, 0.05) is 48.5 Å². The summed E-state index contributed by atoms with van der Waals surface area (Å²) in [5.41, 5.74) is 3.37. The number of nitrogens with zero attached hydrogens (tertiary/aromatic N) is 2. The predicted octanol–water partition coefficient (Wildman–Crippen LogP) is 5.91. The molecule has 0 saturated carbocycles. The van der Waals surface area contributed by atoms with Gasteiger partial charge in [0.1, 0.15) is 11.3 Å². The zero-order valence-electron chi connectivity index (χ0n) is 20.1. The van der Waals surface area contributed by atoms with Crippen LogP contribution >= 0.6 is 0 Å². The van der Waals surface area contributed by atoms with E-state index in [0.717, 1.165) is 22.2 Å². The number of carbonyl (C=O) groups is 2. The first-order valence-corrected chi connectivity index (χ1v) is 12.2. The standard InChI is InChI=1S/C30H25N3O4/c34-29(27-15-14-26(36-27)21-6-2-1-3-7-21)31-23-10-12-24(13-11-23)32-16-18-33(19-17-32)30(35)28-20-22-8-4-5-9-25(22)37-28/h1-15,20H,16-19H2,(H,31,34). The summed E-state index contributed by atoms with van der Waals surface area (Å²) in [5, 5.41) is 3.82. The largest absolute Gasteiger partial charge is 0.451 e. The van der Waals surface area contributed by atoms with Crippen molar-refractivity contribution in [3.63, 3.8) is 0 Å². The van der Waals surface area contributed by atoms with Crippen LogP contribution in [0.5, 0.6) is 0 Å². The first-order chi connectivity index (χ1) is 18.1. The van der Waals surface area contributed by atoms with Gasteiger partial charge in [-0.2, -0.15) is 0 Å². The maximum atomic E-state index is 12.9. The number of hydrogen-bond acceptors (Lipinski definition) is 5. The number of hydrogen-bond donors (Lipinski definition) is 1. The Hall–Kier alpha value is -4.78. The molecule has 184 valence electrons. The van der Waals surface area contributed by atoms with E-state index in [4.69, 9.17) is 8.83 Å². The molecule has 0 aliphatic carbocycles. The third kappa shape index (κ3) is 4.71. The molecule has 7 nitrogen and oxygen atoms in total. The Labute approximate surface area is 213 Å². The third-order valence-electron chi connectivity index (χ3n) is 6.58. The Kier molecular flexibility index (Phi) is 5.94. The molecule has 5 aromatic rings. The topological polar surface area (TPSA) is 78.9 Å². The van der Waals surface area contributed by atoms with Gasteiger partial charge in [0.2, 0.25) is 0 Å². The molecular formula is C30H25N3O4. The van der Waals surface area contributed by atoms with Crippen molar-refractivity contribution in [2.45, 2.75) is 0 Å². The van der Waals surface area contributed by atoms with Crippen molar-refractivity contribution >= 4 is 34.2 Å². The minimum absolute atomic E-state index is 0.0812. The van der Waals surface area contributed by atoms with E-state index in [1.165, 1.54) is 0 Å². The Bertz CT molecular complexity index is 1510. The number of para-hydroxylation sites is 1. The minimum atomic E-state index is -0.298. The number of rotatable bonds is 5. The van der Waals surface area contributed by atoms with Crippen molar-refractivity contribution in [2.24, 2.45) is 0 Å². The van der Waals surface area contributed by atoms with Crippen LogP contribution in [-0.2, 0) is 0 Å². The van der Waals surface area contributed by atoms with E-state index in [2.05, 4.69) is 10.2 Å². The number of amides is 2. The highest BCUT2D eigenvalue weighted by molar-refractivity contribution is 6.02. The SMILES string of the molecule is O=C(Nc1ccc(N2CCN(C(=O)c3cc4ccccc4o3)CC2)cc1)c1ccc(-c2ccccc2)o1. The molecule has 1 N–H and O–H groups in total. The molecule has 37 heavy (non-hydrogen) atoms. The van der Waals surface area contributed by atoms with Gasteiger partial charge in [-0.25, -0.2) is 0 Å². The van der Waals surface area contributed by atoms with Crippen LogP contribution in [0.25, 0.3) is 22.3 Å². The second kappa shape index (κ2) is 9.70. The molecule has 0 radical (unpaired) electrons. The van der Waals surface area contributed by atoms with Gasteiger partial charge in [-0.3, -0.25) is 9.59 Å². The Balaban J connectivity index is 1.05. The molecule has 1 aliphatic rings. The fourth-order valence-electron chi connectivity index (χ4n) is 4.58. The van der Waals surface area contributed by atoms with Gasteiger partial charge in [-0.05, 0) is 48.5 Å². The van der Waals surface area contributed by atoms with Gasteiger partial charge < -0.3 is 24.0 Å². The van der Waals surface area contributed by atoms with E-state index in [9.17, 15) is 9.59 Å². The number of anilines is 2. The molecule has 2 aromatic heterocycles. The van der Waals surface area contributed by atoms with Crippen LogP contribution in [0.4, 0.5) is 11.4 Å². The Morgan fingerprint density at radius 2 is 1.43 bits per heavy atom. The van der Waals surface area contributed by atoms with Crippen LogP contribution in [0, 0.1) is 0 Å². The van der Waals surface area contributed by atoms with E-state index in [1.807, 2.05) is 89.8 Å². The van der Waals surface area contributed by atoms with Crippen LogP contribution < -0.4 is 10.2 Å². The number of furan rings is 2. The van der Waals surface area contributed by atoms with Crippen LogP contribution in [-0.4, -0.2) is 42.9 Å². The quantitative estimate of drug-likeness (QED) is 0.331. The fourth-order valence-corrected chi connectivity index (χ4v) is 4.58. The lowest BCUT2D eigenvalue weighted by Gasteiger charge is -2.35. The highest BCUT2D eigenvalue weighted by Gasteiger charge is 2.25. The Morgan fingerprint density at radius 3 is 2.19 bits per heavy atom. The monoisotopic (exact) mass is 491 g/mol. The molecule has 1 aliphatic heterocycles. The number of piperazine rings is 1. The second-order valence-electron chi connectivity index (χ2n) is 8.96. The summed E-state index contributed by atoms with van der Waals surface area (Å²) >= 11 is 0. The highest BCUT2D eigenvalue weighted by atomic mass is 16.4. The molecular weight excluding hydrogens is 466 g/mol. The molecule has 0 spiro atoms. The summed E-state index contributed by atoms with van der Waals surface area (Å²) in [5.74, 6) is 0.907. The van der Waals surface area contributed by atoms with Crippen molar-refractivity contribution in [2.75, 3.05) is 36.4 Å². The summed E-state index contributed by atoms with van der Waals surface area (Å²) in [6, 6.07) is 30.3. The first kappa shape index (κ1) is 22.7. The normalized spacial score (nSPS) is 13.6. The Morgan fingerprint density at radius 1 is 0.703 bits per heavy atom. The first-order valence-electron chi connectivity index (χ1n) is 12.2. The smallest absolute Gasteiger partial charge is 0.291 e. The predicted molar refractivity (Wildman–Crippen MR) is 143 cm³/mol. The van der Waals surface area contributed by atoms with E-state index in [-0.39, 0.29) is 17.6 Å². The maximum absolute atomic E-state index is 12.9. The molecule has 1 saturated heterocycles. The molecule has 1 fully saturated rings. The molecule has 0 atom stereocenters. The lowest BCUT2D eigenvalue weighted by molar-refractivity contribution is 0.0717. The van der Waals surface area contributed by atoms with Crippen molar-refractivity contribution in [3.05, 3.63) is 109 Å². The number of nitrogens with one attached hydrogen (secondary N) is 1. The van der Waals surface area contributed by atoms with E-state index < -0.39 is 0 Å². The van der Waals surface area contributed by atoms with E-state index in [0.29, 0.717) is 43.4 Å². The van der Waals surface area contributed by atoms with Gasteiger partial charge >= 0.3 is 0 Å². The lowest BCUT2D eigenvalue weighted by atomic mass is 10.2. The average Bonchev–Trinajstić information content (AvgIpc) is 3.62. The molecule has 7 heteroatoms.